The average Bonchev–Trinajstić information content (AvgIpc) is 2.55. The second-order valence-electron chi connectivity index (χ2n) is 4.95. The first-order valence-electron chi connectivity index (χ1n) is 6.98. The molecule has 0 atom stereocenters. The molecule has 23 heavy (non-hydrogen) atoms. The van der Waals surface area contributed by atoms with E-state index in [-0.39, 0.29) is 5.91 Å². The average molecular weight is 440 g/mol. The SMILES string of the molecule is COc1ccc(CNC(=S)NC(=O)c2ccc(C)c(I)c2)cc1. The van der Waals surface area contributed by atoms with Crippen molar-refractivity contribution in [1.29, 1.82) is 0 Å². The van der Waals surface area contributed by atoms with Crippen LogP contribution in [0.4, 0.5) is 0 Å². The summed E-state index contributed by atoms with van der Waals surface area (Å²) < 4.78 is 6.16. The molecule has 0 saturated heterocycles. The second-order valence-corrected chi connectivity index (χ2v) is 6.52. The highest BCUT2D eigenvalue weighted by Crippen LogP contribution is 2.13. The van der Waals surface area contributed by atoms with E-state index < -0.39 is 0 Å². The number of aryl methyl sites for hydroxylation is 1. The van der Waals surface area contributed by atoms with Crippen LogP contribution in [-0.2, 0) is 6.54 Å². The van der Waals surface area contributed by atoms with Gasteiger partial charge in [-0.05, 0) is 77.1 Å². The van der Waals surface area contributed by atoms with E-state index in [2.05, 4.69) is 33.2 Å². The topological polar surface area (TPSA) is 50.4 Å². The standard InChI is InChI=1S/C17H17IN2O2S/c1-11-3-6-13(9-15(11)18)16(21)20-17(23)19-10-12-4-7-14(22-2)8-5-12/h3-9H,10H2,1-2H3,(H2,19,20,21,23). The smallest absolute Gasteiger partial charge is 0.257 e. The zero-order chi connectivity index (χ0) is 16.8. The van der Waals surface area contributed by atoms with Gasteiger partial charge in [0, 0.05) is 15.7 Å². The molecule has 0 bridgehead atoms. The van der Waals surface area contributed by atoms with Crippen molar-refractivity contribution in [3.8, 4) is 5.75 Å². The first kappa shape index (κ1) is 17.7. The quantitative estimate of drug-likeness (QED) is 0.566. The Kier molecular flexibility index (Phi) is 6.35. The van der Waals surface area contributed by atoms with E-state index in [9.17, 15) is 4.79 Å². The third-order valence-corrected chi connectivity index (χ3v) is 4.68. The Labute approximate surface area is 154 Å². The number of halogens is 1. The molecular formula is C17H17IN2O2S. The van der Waals surface area contributed by atoms with Crippen molar-refractivity contribution in [2.75, 3.05) is 7.11 Å². The molecule has 1 amide bonds. The normalized spacial score (nSPS) is 10.0. The molecule has 2 aromatic carbocycles. The summed E-state index contributed by atoms with van der Waals surface area (Å²) in [6.45, 7) is 2.54. The van der Waals surface area contributed by atoms with Gasteiger partial charge in [0.2, 0.25) is 0 Å². The van der Waals surface area contributed by atoms with Crippen LogP contribution in [0.1, 0.15) is 21.5 Å². The molecule has 0 aliphatic carbocycles. The molecular weight excluding hydrogens is 423 g/mol. The molecule has 120 valence electrons. The zero-order valence-electron chi connectivity index (χ0n) is 12.9. The number of carbonyl (C=O) groups is 1. The Hall–Kier alpha value is -1.67. The Bertz CT molecular complexity index is 717. The van der Waals surface area contributed by atoms with Gasteiger partial charge >= 0.3 is 0 Å². The maximum atomic E-state index is 12.2. The number of ether oxygens (including phenoxy) is 1. The summed E-state index contributed by atoms with van der Waals surface area (Å²) >= 11 is 7.38. The third-order valence-electron chi connectivity index (χ3n) is 3.27. The number of rotatable bonds is 4. The summed E-state index contributed by atoms with van der Waals surface area (Å²) in [5, 5.41) is 6.02. The fourth-order valence-electron chi connectivity index (χ4n) is 1.88. The summed E-state index contributed by atoms with van der Waals surface area (Å²) in [5.74, 6) is 0.591. The van der Waals surface area contributed by atoms with Crippen LogP contribution in [0.3, 0.4) is 0 Å². The largest absolute Gasteiger partial charge is 0.497 e. The minimum absolute atomic E-state index is 0.213. The number of thiocarbonyl (C=S) groups is 1. The van der Waals surface area contributed by atoms with E-state index in [0.29, 0.717) is 17.2 Å². The molecule has 2 aromatic rings. The first-order chi connectivity index (χ1) is 11.0. The van der Waals surface area contributed by atoms with E-state index in [1.54, 1.807) is 13.2 Å². The minimum Gasteiger partial charge on any atom is -0.497 e. The predicted molar refractivity (Wildman–Crippen MR) is 104 cm³/mol. The van der Waals surface area contributed by atoms with Gasteiger partial charge in [0.05, 0.1) is 7.11 Å². The molecule has 0 heterocycles. The number of methoxy groups -OCH3 is 1. The van der Waals surface area contributed by atoms with Crippen LogP contribution in [0.2, 0.25) is 0 Å². The van der Waals surface area contributed by atoms with Crippen molar-refractivity contribution in [2.24, 2.45) is 0 Å². The molecule has 0 aliphatic heterocycles. The van der Waals surface area contributed by atoms with Gasteiger partial charge in [0.1, 0.15) is 5.75 Å². The highest BCUT2D eigenvalue weighted by molar-refractivity contribution is 14.1. The lowest BCUT2D eigenvalue weighted by molar-refractivity contribution is 0.0976. The van der Waals surface area contributed by atoms with Gasteiger partial charge < -0.3 is 10.1 Å². The van der Waals surface area contributed by atoms with Crippen molar-refractivity contribution >= 4 is 45.8 Å². The maximum absolute atomic E-state index is 12.2. The molecule has 0 spiro atoms. The molecule has 0 aromatic heterocycles. The molecule has 2 N–H and O–H groups in total. The van der Waals surface area contributed by atoms with Crippen LogP contribution in [0.25, 0.3) is 0 Å². The van der Waals surface area contributed by atoms with Crippen LogP contribution < -0.4 is 15.4 Å². The first-order valence-corrected chi connectivity index (χ1v) is 8.46. The fraction of sp³-hybridized carbons (Fsp3) is 0.176. The van der Waals surface area contributed by atoms with Gasteiger partial charge in [-0.2, -0.15) is 0 Å². The highest BCUT2D eigenvalue weighted by atomic mass is 127. The maximum Gasteiger partial charge on any atom is 0.257 e. The third kappa shape index (κ3) is 5.18. The summed E-state index contributed by atoms with van der Waals surface area (Å²) in [6, 6.07) is 13.2. The molecule has 0 saturated carbocycles. The van der Waals surface area contributed by atoms with Crippen molar-refractivity contribution in [3.63, 3.8) is 0 Å². The molecule has 4 nitrogen and oxygen atoms in total. The van der Waals surface area contributed by atoms with E-state index in [4.69, 9.17) is 17.0 Å². The molecule has 2 rings (SSSR count). The number of hydrogen-bond donors (Lipinski definition) is 2. The number of nitrogens with one attached hydrogen (secondary N) is 2. The lowest BCUT2D eigenvalue weighted by Crippen LogP contribution is -2.38. The van der Waals surface area contributed by atoms with E-state index in [1.807, 2.05) is 43.3 Å². The minimum atomic E-state index is -0.213. The van der Waals surface area contributed by atoms with E-state index in [1.165, 1.54) is 0 Å². The van der Waals surface area contributed by atoms with E-state index in [0.717, 1.165) is 20.4 Å². The van der Waals surface area contributed by atoms with Crippen molar-refractivity contribution in [3.05, 3.63) is 62.7 Å². The highest BCUT2D eigenvalue weighted by Gasteiger charge is 2.09. The summed E-state index contributed by atoms with van der Waals surface area (Å²) in [7, 11) is 1.63. The van der Waals surface area contributed by atoms with Gasteiger partial charge in [-0.25, -0.2) is 0 Å². The number of carbonyl (C=O) groups excluding carboxylic acids is 1. The molecule has 0 aliphatic rings. The Balaban J connectivity index is 1.88. The van der Waals surface area contributed by atoms with Gasteiger partial charge in [-0.1, -0.05) is 18.2 Å². The zero-order valence-corrected chi connectivity index (χ0v) is 15.8. The monoisotopic (exact) mass is 440 g/mol. The number of benzene rings is 2. The van der Waals surface area contributed by atoms with Gasteiger partial charge in [-0.15, -0.1) is 0 Å². The Morgan fingerprint density at radius 1 is 1.22 bits per heavy atom. The summed E-state index contributed by atoms with van der Waals surface area (Å²) in [4.78, 5) is 12.2. The number of amides is 1. The summed E-state index contributed by atoms with van der Waals surface area (Å²) in [5.41, 5.74) is 2.78. The second kappa shape index (κ2) is 8.26. The van der Waals surface area contributed by atoms with Crippen LogP contribution in [0.15, 0.2) is 42.5 Å². The lowest BCUT2D eigenvalue weighted by atomic mass is 10.1. The molecule has 0 radical (unpaired) electrons. The van der Waals surface area contributed by atoms with Crippen molar-refractivity contribution in [1.82, 2.24) is 10.6 Å². The Morgan fingerprint density at radius 3 is 2.52 bits per heavy atom. The fourth-order valence-corrected chi connectivity index (χ4v) is 2.56. The van der Waals surface area contributed by atoms with Gasteiger partial charge in [0.15, 0.2) is 5.11 Å². The molecule has 0 unspecified atom stereocenters. The Morgan fingerprint density at radius 2 is 1.91 bits per heavy atom. The van der Waals surface area contributed by atoms with Gasteiger partial charge in [-0.3, -0.25) is 10.1 Å². The number of hydrogen-bond acceptors (Lipinski definition) is 3. The van der Waals surface area contributed by atoms with Crippen LogP contribution in [-0.4, -0.2) is 18.1 Å². The van der Waals surface area contributed by atoms with E-state index >= 15 is 0 Å². The predicted octanol–water partition coefficient (Wildman–Crippen LogP) is 3.41. The van der Waals surface area contributed by atoms with Crippen LogP contribution in [0, 0.1) is 10.5 Å². The van der Waals surface area contributed by atoms with Crippen molar-refractivity contribution in [2.45, 2.75) is 13.5 Å². The van der Waals surface area contributed by atoms with Crippen LogP contribution >= 0.6 is 34.8 Å². The van der Waals surface area contributed by atoms with Gasteiger partial charge in [0.25, 0.3) is 5.91 Å². The van der Waals surface area contributed by atoms with Crippen LogP contribution in [0.5, 0.6) is 5.75 Å². The molecule has 6 heteroatoms. The molecule has 0 fully saturated rings. The van der Waals surface area contributed by atoms with Crippen molar-refractivity contribution < 1.29 is 9.53 Å². The lowest BCUT2D eigenvalue weighted by Gasteiger charge is -2.10. The summed E-state index contributed by atoms with van der Waals surface area (Å²) in [6.07, 6.45) is 0.